The third-order valence-corrected chi connectivity index (χ3v) is 4.00. The van der Waals surface area contributed by atoms with Gasteiger partial charge in [0.05, 0.1) is 6.61 Å². The second kappa shape index (κ2) is 9.74. The normalized spacial score (nSPS) is 10.5. The zero-order valence-corrected chi connectivity index (χ0v) is 15.7. The highest BCUT2D eigenvalue weighted by atomic mass is 19.1. The van der Waals surface area contributed by atoms with Crippen molar-refractivity contribution in [1.29, 1.82) is 0 Å². The number of ether oxygens (including phenoxy) is 3. The molecule has 5 heteroatoms. The molecule has 3 aromatic carbocycles. The van der Waals surface area contributed by atoms with E-state index in [1.165, 1.54) is 24.3 Å². The summed E-state index contributed by atoms with van der Waals surface area (Å²) < 4.78 is 43.6. The van der Waals surface area contributed by atoms with Gasteiger partial charge in [-0.05, 0) is 53.9 Å². The van der Waals surface area contributed by atoms with E-state index in [0.29, 0.717) is 23.9 Å². The summed E-state index contributed by atoms with van der Waals surface area (Å²) in [5.74, 6) is 1.19. The Morgan fingerprint density at radius 2 is 1.18 bits per heavy atom. The van der Waals surface area contributed by atoms with Gasteiger partial charge in [-0.15, -0.1) is 0 Å². The minimum Gasteiger partial charge on any atom is -0.493 e. The van der Waals surface area contributed by atoms with E-state index in [9.17, 15) is 8.78 Å². The summed E-state index contributed by atoms with van der Waals surface area (Å²) in [6.45, 7) is 3.19. The van der Waals surface area contributed by atoms with Crippen molar-refractivity contribution in [2.75, 3.05) is 6.61 Å². The molecule has 0 atom stereocenters. The van der Waals surface area contributed by atoms with Gasteiger partial charge in [0.15, 0.2) is 11.5 Å². The topological polar surface area (TPSA) is 27.7 Å². The predicted octanol–water partition coefficient (Wildman–Crippen LogP) is 5.91. The van der Waals surface area contributed by atoms with E-state index in [-0.39, 0.29) is 24.8 Å². The number of rotatable bonds is 9. The summed E-state index contributed by atoms with van der Waals surface area (Å²) in [5.41, 5.74) is 1.68. The maximum atomic E-state index is 13.1. The van der Waals surface area contributed by atoms with E-state index in [4.69, 9.17) is 14.2 Å². The SMILES string of the molecule is CCCOc1ccc(OCc2ccc(F)cc2)c(OCc2ccc(F)cc2)c1. The summed E-state index contributed by atoms with van der Waals surface area (Å²) >= 11 is 0. The predicted molar refractivity (Wildman–Crippen MR) is 104 cm³/mol. The van der Waals surface area contributed by atoms with Crippen LogP contribution in [0.25, 0.3) is 0 Å². The van der Waals surface area contributed by atoms with Gasteiger partial charge in [-0.25, -0.2) is 8.78 Å². The summed E-state index contributed by atoms with van der Waals surface area (Å²) in [7, 11) is 0. The van der Waals surface area contributed by atoms with E-state index in [1.54, 1.807) is 36.4 Å². The molecule has 0 amide bonds. The maximum absolute atomic E-state index is 13.1. The van der Waals surface area contributed by atoms with Gasteiger partial charge in [0, 0.05) is 6.07 Å². The van der Waals surface area contributed by atoms with Gasteiger partial charge >= 0.3 is 0 Å². The second-order valence-electron chi connectivity index (χ2n) is 6.29. The average molecular weight is 384 g/mol. The Labute approximate surface area is 163 Å². The van der Waals surface area contributed by atoms with Crippen LogP contribution in [0.15, 0.2) is 66.7 Å². The smallest absolute Gasteiger partial charge is 0.165 e. The Bertz CT molecular complexity index is 877. The molecule has 3 nitrogen and oxygen atoms in total. The molecule has 0 saturated heterocycles. The fourth-order valence-corrected chi connectivity index (χ4v) is 2.51. The van der Waals surface area contributed by atoms with Crippen LogP contribution in [-0.2, 0) is 13.2 Å². The van der Waals surface area contributed by atoms with Crippen LogP contribution in [0.5, 0.6) is 17.2 Å². The van der Waals surface area contributed by atoms with Gasteiger partial charge in [-0.3, -0.25) is 0 Å². The highest BCUT2D eigenvalue weighted by molar-refractivity contribution is 5.46. The zero-order chi connectivity index (χ0) is 19.8. The number of hydrogen-bond acceptors (Lipinski definition) is 3. The first kappa shape index (κ1) is 19.7. The minimum absolute atomic E-state index is 0.268. The third-order valence-electron chi connectivity index (χ3n) is 4.00. The van der Waals surface area contributed by atoms with Crippen molar-refractivity contribution in [2.24, 2.45) is 0 Å². The van der Waals surface area contributed by atoms with Gasteiger partial charge in [0.25, 0.3) is 0 Å². The Kier molecular flexibility index (Phi) is 6.84. The van der Waals surface area contributed by atoms with Crippen molar-refractivity contribution in [2.45, 2.75) is 26.6 Å². The van der Waals surface area contributed by atoms with Gasteiger partial charge in [-0.2, -0.15) is 0 Å². The Hall–Kier alpha value is -3.08. The summed E-state index contributed by atoms with van der Waals surface area (Å²) in [6, 6.07) is 17.7. The van der Waals surface area contributed by atoms with Crippen LogP contribution in [0.4, 0.5) is 8.78 Å². The molecule has 0 aliphatic heterocycles. The highest BCUT2D eigenvalue weighted by Crippen LogP contribution is 2.33. The van der Waals surface area contributed by atoms with Crippen LogP contribution in [0, 0.1) is 11.6 Å². The highest BCUT2D eigenvalue weighted by Gasteiger charge is 2.09. The molecule has 146 valence electrons. The first-order valence-electron chi connectivity index (χ1n) is 9.15. The molecule has 0 aromatic heterocycles. The van der Waals surface area contributed by atoms with Crippen molar-refractivity contribution in [3.8, 4) is 17.2 Å². The number of benzene rings is 3. The molecule has 0 radical (unpaired) electrons. The lowest BCUT2D eigenvalue weighted by Gasteiger charge is -2.15. The van der Waals surface area contributed by atoms with Crippen LogP contribution >= 0.6 is 0 Å². The lowest BCUT2D eigenvalue weighted by atomic mass is 10.2. The van der Waals surface area contributed by atoms with Gasteiger partial charge in [0.1, 0.15) is 30.6 Å². The van der Waals surface area contributed by atoms with Crippen LogP contribution in [0.3, 0.4) is 0 Å². The van der Waals surface area contributed by atoms with E-state index >= 15 is 0 Å². The molecule has 0 N–H and O–H groups in total. The van der Waals surface area contributed by atoms with Crippen molar-refractivity contribution < 1.29 is 23.0 Å². The fourth-order valence-electron chi connectivity index (χ4n) is 2.51. The molecule has 0 bridgehead atoms. The minimum atomic E-state index is -0.290. The Morgan fingerprint density at radius 3 is 1.71 bits per heavy atom. The van der Waals surface area contributed by atoms with E-state index in [1.807, 2.05) is 13.0 Å². The van der Waals surface area contributed by atoms with Crippen molar-refractivity contribution >= 4 is 0 Å². The Balaban J connectivity index is 1.72. The molecule has 0 unspecified atom stereocenters. The maximum Gasteiger partial charge on any atom is 0.165 e. The van der Waals surface area contributed by atoms with Gasteiger partial charge in [0.2, 0.25) is 0 Å². The summed E-state index contributed by atoms with van der Waals surface area (Å²) in [4.78, 5) is 0. The quantitative estimate of drug-likeness (QED) is 0.459. The number of hydrogen-bond donors (Lipinski definition) is 0. The first-order valence-corrected chi connectivity index (χ1v) is 9.15. The molecular formula is C23H22F2O3. The molecule has 0 saturated carbocycles. The zero-order valence-electron chi connectivity index (χ0n) is 15.7. The largest absolute Gasteiger partial charge is 0.493 e. The molecule has 0 aliphatic rings. The van der Waals surface area contributed by atoms with Crippen molar-refractivity contribution in [3.63, 3.8) is 0 Å². The lowest BCUT2D eigenvalue weighted by molar-refractivity contribution is 0.252. The fraction of sp³-hybridized carbons (Fsp3) is 0.217. The molecule has 3 rings (SSSR count). The lowest BCUT2D eigenvalue weighted by Crippen LogP contribution is -2.02. The third kappa shape index (κ3) is 5.71. The van der Waals surface area contributed by atoms with Gasteiger partial charge < -0.3 is 14.2 Å². The molecule has 0 aliphatic carbocycles. The van der Waals surface area contributed by atoms with Crippen LogP contribution in [0.1, 0.15) is 24.5 Å². The molecule has 0 spiro atoms. The van der Waals surface area contributed by atoms with E-state index in [2.05, 4.69) is 0 Å². The van der Waals surface area contributed by atoms with E-state index in [0.717, 1.165) is 17.5 Å². The van der Waals surface area contributed by atoms with Gasteiger partial charge in [-0.1, -0.05) is 31.2 Å². The molecule has 0 fully saturated rings. The standard InChI is InChI=1S/C23H22F2O3/c1-2-13-26-21-11-12-22(27-15-17-3-7-19(24)8-4-17)23(14-21)28-16-18-5-9-20(25)10-6-18/h3-12,14H,2,13,15-16H2,1H3. The average Bonchev–Trinajstić information content (AvgIpc) is 2.72. The number of halogens is 2. The monoisotopic (exact) mass is 384 g/mol. The first-order chi connectivity index (χ1) is 13.6. The van der Waals surface area contributed by atoms with Crippen molar-refractivity contribution in [1.82, 2.24) is 0 Å². The molecule has 3 aromatic rings. The molecular weight excluding hydrogens is 362 g/mol. The van der Waals surface area contributed by atoms with Crippen LogP contribution in [0.2, 0.25) is 0 Å². The van der Waals surface area contributed by atoms with Crippen LogP contribution in [-0.4, -0.2) is 6.61 Å². The molecule has 0 heterocycles. The molecule has 28 heavy (non-hydrogen) atoms. The summed E-state index contributed by atoms with van der Waals surface area (Å²) in [5, 5.41) is 0. The summed E-state index contributed by atoms with van der Waals surface area (Å²) in [6.07, 6.45) is 0.897. The van der Waals surface area contributed by atoms with Crippen LogP contribution < -0.4 is 14.2 Å². The second-order valence-corrected chi connectivity index (χ2v) is 6.29. The van der Waals surface area contributed by atoms with Crippen molar-refractivity contribution in [3.05, 3.63) is 89.5 Å². The Morgan fingerprint density at radius 1 is 0.643 bits per heavy atom. The van der Waals surface area contributed by atoms with E-state index < -0.39 is 0 Å².